The second-order valence-electron chi connectivity index (χ2n) is 7.33. The molecule has 2 fully saturated rings. The van der Waals surface area contributed by atoms with E-state index >= 15 is 0 Å². The topological polar surface area (TPSA) is 92.3 Å². The Hall–Kier alpha value is -0.900. The van der Waals surface area contributed by atoms with E-state index in [1.807, 2.05) is 13.8 Å². The van der Waals surface area contributed by atoms with Gasteiger partial charge in [-0.2, -0.15) is 0 Å². The van der Waals surface area contributed by atoms with Crippen LogP contribution in [0.4, 0.5) is 0 Å². The molecule has 9 heteroatoms. The lowest BCUT2D eigenvalue weighted by molar-refractivity contribution is -0.0828. The average Bonchev–Trinajstić information content (AvgIpc) is 2.67. The molecule has 2 aliphatic rings. The number of hydrogen-bond acceptors (Lipinski definition) is 5. The van der Waals surface area contributed by atoms with Gasteiger partial charge in [-0.1, -0.05) is 6.92 Å². The summed E-state index contributed by atoms with van der Waals surface area (Å²) in [6.07, 6.45) is 3.93. The van der Waals surface area contributed by atoms with Crippen LogP contribution < -0.4 is 10.6 Å². The molecule has 0 aromatic heterocycles. The van der Waals surface area contributed by atoms with Crippen LogP contribution in [0.5, 0.6) is 0 Å². The number of nitrogens with zero attached hydrogens (tertiary/aromatic N) is 2. The second kappa shape index (κ2) is 10.6. The lowest BCUT2D eigenvalue weighted by Crippen LogP contribution is -2.50. The summed E-state index contributed by atoms with van der Waals surface area (Å²) in [7, 11) is -1.36. The first-order chi connectivity index (χ1) is 12.9. The van der Waals surface area contributed by atoms with Gasteiger partial charge in [-0.3, -0.25) is 4.99 Å². The number of sulfonamides is 1. The van der Waals surface area contributed by atoms with Crippen molar-refractivity contribution in [2.45, 2.75) is 57.6 Å². The molecule has 2 saturated heterocycles. The summed E-state index contributed by atoms with van der Waals surface area (Å²) in [5.41, 5.74) is -0.252. The minimum Gasteiger partial charge on any atom is -0.381 e. The van der Waals surface area contributed by atoms with Gasteiger partial charge in [0.05, 0.1) is 17.9 Å². The first kappa shape index (κ1) is 22.4. The number of ether oxygens (including phenoxy) is 2. The molecule has 2 heterocycles. The predicted molar refractivity (Wildman–Crippen MR) is 108 cm³/mol. The van der Waals surface area contributed by atoms with E-state index in [-0.39, 0.29) is 17.4 Å². The Morgan fingerprint density at radius 3 is 2.48 bits per heavy atom. The predicted octanol–water partition coefficient (Wildman–Crippen LogP) is 0.941. The fourth-order valence-corrected chi connectivity index (χ4v) is 5.11. The molecule has 0 bridgehead atoms. The molecule has 0 spiro atoms. The third-order valence-electron chi connectivity index (χ3n) is 5.36. The second-order valence-corrected chi connectivity index (χ2v) is 9.42. The van der Waals surface area contributed by atoms with E-state index in [0.29, 0.717) is 39.3 Å². The lowest BCUT2D eigenvalue weighted by atomic mass is 9.94. The van der Waals surface area contributed by atoms with E-state index in [1.165, 1.54) is 0 Å². The third-order valence-corrected chi connectivity index (χ3v) is 7.43. The fraction of sp³-hybridized carbons (Fsp3) is 0.944. The van der Waals surface area contributed by atoms with Crippen LogP contribution in [0.25, 0.3) is 0 Å². The van der Waals surface area contributed by atoms with Gasteiger partial charge in [-0.15, -0.1) is 0 Å². The van der Waals surface area contributed by atoms with E-state index in [4.69, 9.17) is 14.5 Å². The molecule has 0 atom stereocenters. The number of hydrogen-bond donors (Lipinski definition) is 2. The summed E-state index contributed by atoms with van der Waals surface area (Å²) in [6.45, 7) is 7.85. The molecule has 2 N–H and O–H groups in total. The number of piperidine rings is 1. The van der Waals surface area contributed by atoms with Crippen molar-refractivity contribution < 1.29 is 17.9 Å². The summed E-state index contributed by atoms with van der Waals surface area (Å²) < 4.78 is 37.2. The Bertz CT molecular complexity index is 568. The summed E-state index contributed by atoms with van der Waals surface area (Å²) in [5, 5.41) is 6.77. The fourth-order valence-electron chi connectivity index (χ4n) is 3.57. The number of methoxy groups -OCH3 is 1. The molecule has 0 aromatic carbocycles. The van der Waals surface area contributed by atoms with Crippen molar-refractivity contribution in [2.24, 2.45) is 4.99 Å². The third kappa shape index (κ3) is 6.58. The standard InChI is InChI=1S/C18H36N4O4S/c1-4-14-27(23,24)22-10-6-16(7-11-22)21-17(19-5-2)20-15-18(25-3)8-12-26-13-9-18/h16H,4-15H2,1-3H3,(H2,19,20,21). The number of rotatable bonds is 8. The molecule has 0 radical (unpaired) electrons. The SMILES string of the molecule is CCCS(=O)(=O)N1CCC(NC(=NCC2(OC)CCOCC2)NCC)CC1. The molecule has 0 unspecified atom stereocenters. The van der Waals surface area contributed by atoms with Gasteiger partial charge >= 0.3 is 0 Å². The van der Waals surface area contributed by atoms with Crippen molar-refractivity contribution in [3.8, 4) is 0 Å². The van der Waals surface area contributed by atoms with Gasteiger partial charge in [0, 0.05) is 58.8 Å². The molecule has 8 nitrogen and oxygen atoms in total. The van der Waals surface area contributed by atoms with Crippen molar-refractivity contribution in [1.29, 1.82) is 0 Å². The molecule has 0 amide bonds. The quantitative estimate of drug-likeness (QED) is 0.462. The minimum atomic E-state index is -3.10. The number of guanidine groups is 1. The van der Waals surface area contributed by atoms with Crippen molar-refractivity contribution in [1.82, 2.24) is 14.9 Å². The highest BCUT2D eigenvalue weighted by Gasteiger charge is 2.33. The summed E-state index contributed by atoms with van der Waals surface area (Å²) in [5.74, 6) is 1.01. The highest BCUT2D eigenvalue weighted by Crippen LogP contribution is 2.24. The van der Waals surface area contributed by atoms with E-state index in [0.717, 1.165) is 38.2 Å². The minimum absolute atomic E-state index is 0.226. The Morgan fingerprint density at radius 1 is 1.26 bits per heavy atom. The molecule has 158 valence electrons. The molecule has 27 heavy (non-hydrogen) atoms. The van der Waals surface area contributed by atoms with Gasteiger partial charge in [-0.25, -0.2) is 12.7 Å². The van der Waals surface area contributed by atoms with Gasteiger partial charge in [0.1, 0.15) is 0 Å². The summed E-state index contributed by atoms with van der Waals surface area (Å²) in [6, 6.07) is 0.226. The summed E-state index contributed by atoms with van der Waals surface area (Å²) in [4.78, 5) is 4.75. The largest absolute Gasteiger partial charge is 0.381 e. The van der Waals surface area contributed by atoms with Gasteiger partial charge < -0.3 is 20.1 Å². The normalized spacial score (nSPS) is 22.6. The monoisotopic (exact) mass is 404 g/mol. The van der Waals surface area contributed by atoms with Crippen molar-refractivity contribution >= 4 is 16.0 Å². The van der Waals surface area contributed by atoms with Crippen LogP contribution in [0.15, 0.2) is 4.99 Å². The van der Waals surface area contributed by atoms with Gasteiger partial charge in [0.2, 0.25) is 10.0 Å². The van der Waals surface area contributed by atoms with E-state index < -0.39 is 10.0 Å². The van der Waals surface area contributed by atoms with Crippen LogP contribution in [-0.4, -0.2) is 82.6 Å². The van der Waals surface area contributed by atoms with Crippen LogP contribution in [0.2, 0.25) is 0 Å². The highest BCUT2D eigenvalue weighted by atomic mass is 32.2. The van der Waals surface area contributed by atoms with Crippen molar-refractivity contribution in [2.75, 3.05) is 52.3 Å². The Kier molecular flexibility index (Phi) is 8.78. The number of nitrogens with one attached hydrogen (secondary N) is 2. The maximum Gasteiger partial charge on any atom is 0.214 e. The lowest BCUT2D eigenvalue weighted by Gasteiger charge is -2.35. The molecule has 2 aliphatic heterocycles. The van der Waals surface area contributed by atoms with E-state index in [9.17, 15) is 8.42 Å². The van der Waals surface area contributed by atoms with Crippen LogP contribution in [0.3, 0.4) is 0 Å². The van der Waals surface area contributed by atoms with Crippen LogP contribution in [0.1, 0.15) is 46.0 Å². The van der Waals surface area contributed by atoms with Gasteiger partial charge in [0.25, 0.3) is 0 Å². The smallest absolute Gasteiger partial charge is 0.214 e. The maximum atomic E-state index is 12.2. The first-order valence-corrected chi connectivity index (χ1v) is 11.7. The highest BCUT2D eigenvalue weighted by molar-refractivity contribution is 7.89. The van der Waals surface area contributed by atoms with Crippen LogP contribution in [0, 0.1) is 0 Å². The Balaban J connectivity index is 1.90. The molecule has 2 rings (SSSR count). The van der Waals surface area contributed by atoms with Crippen molar-refractivity contribution in [3.63, 3.8) is 0 Å². The van der Waals surface area contributed by atoms with Gasteiger partial charge in [0.15, 0.2) is 5.96 Å². The first-order valence-electron chi connectivity index (χ1n) is 10.1. The number of aliphatic imine (C=N–C) groups is 1. The molecule has 0 aliphatic carbocycles. The van der Waals surface area contributed by atoms with E-state index in [2.05, 4.69) is 10.6 Å². The zero-order valence-corrected chi connectivity index (χ0v) is 17.8. The zero-order valence-electron chi connectivity index (χ0n) is 17.0. The average molecular weight is 405 g/mol. The van der Waals surface area contributed by atoms with Crippen LogP contribution >= 0.6 is 0 Å². The Labute approximate surface area is 164 Å². The maximum absolute atomic E-state index is 12.2. The van der Waals surface area contributed by atoms with E-state index in [1.54, 1.807) is 11.4 Å². The molecule has 0 aromatic rings. The molecule has 0 saturated carbocycles. The van der Waals surface area contributed by atoms with Crippen molar-refractivity contribution in [3.05, 3.63) is 0 Å². The Morgan fingerprint density at radius 2 is 1.93 bits per heavy atom. The molecular weight excluding hydrogens is 368 g/mol. The zero-order chi connectivity index (χ0) is 19.8. The van der Waals surface area contributed by atoms with Crippen LogP contribution in [-0.2, 0) is 19.5 Å². The van der Waals surface area contributed by atoms with Gasteiger partial charge in [-0.05, 0) is 26.2 Å². The molecular formula is C18H36N4O4S. The summed E-state index contributed by atoms with van der Waals surface area (Å²) >= 11 is 0.